The van der Waals surface area contributed by atoms with Gasteiger partial charge in [0.05, 0.1) is 17.7 Å². The molecule has 1 aromatic carbocycles. The molecule has 0 saturated carbocycles. The number of rotatable bonds is 3. The minimum absolute atomic E-state index is 0.202. The van der Waals surface area contributed by atoms with Crippen molar-refractivity contribution in [1.82, 2.24) is 0 Å². The maximum Gasteiger partial charge on any atom is 0.336 e. The molecule has 1 aliphatic heterocycles. The lowest BCUT2D eigenvalue weighted by molar-refractivity contribution is -0.136. The van der Waals surface area contributed by atoms with Crippen LogP contribution < -0.4 is 4.90 Å². The highest BCUT2D eigenvalue weighted by molar-refractivity contribution is 8.02. The molecule has 3 nitrogen and oxygen atoms in total. The van der Waals surface area contributed by atoms with Gasteiger partial charge in [0.1, 0.15) is 0 Å². The summed E-state index contributed by atoms with van der Waals surface area (Å²) < 4.78 is 4.95. The maximum absolute atomic E-state index is 12.0. The summed E-state index contributed by atoms with van der Waals surface area (Å²) in [7, 11) is 1.45. The standard InChI is InChI=1S/C17H23NO2S/c1-11-9-12(2)15(13(3)10-11)18-8-6-7-14(16(18)21-5)17(19)20-4/h9-10H,6-8H2,1-5H3. The van der Waals surface area contributed by atoms with Crippen molar-refractivity contribution in [2.75, 3.05) is 24.8 Å². The number of ether oxygens (including phenoxy) is 1. The Hall–Kier alpha value is -1.42. The summed E-state index contributed by atoms with van der Waals surface area (Å²) in [6.45, 7) is 7.34. The van der Waals surface area contributed by atoms with Crippen LogP contribution in [0.4, 0.5) is 5.69 Å². The van der Waals surface area contributed by atoms with Crippen molar-refractivity contribution in [1.29, 1.82) is 0 Å². The molecule has 0 unspecified atom stereocenters. The zero-order valence-electron chi connectivity index (χ0n) is 13.4. The number of anilines is 1. The highest BCUT2D eigenvalue weighted by Crippen LogP contribution is 2.37. The number of aryl methyl sites for hydroxylation is 3. The number of benzene rings is 1. The van der Waals surface area contributed by atoms with Crippen LogP contribution in [0.3, 0.4) is 0 Å². The topological polar surface area (TPSA) is 29.5 Å². The van der Waals surface area contributed by atoms with E-state index in [1.54, 1.807) is 11.8 Å². The molecule has 0 saturated heterocycles. The van der Waals surface area contributed by atoms with E-state index >= 15 is 0 Å². The molecule has 1 heterocycles. The first-order valence-electron chi connectivity index (χ1n) is 7.20. The van der Waals surface area contributed by atoms with Crippen molar-refractivity contribution in [3.05, 3.63) is 39.4 Å². The van der Waals surface area contributed by atoms with Gasteiger partial charge in [0.2, 0.25) is 0 Å². The van der Waals surface area contributed by atoms with Crippen LogP contribution in [-0.2, 0) is 9.53 Å². The van der Waals surface area contributed by atoms with Gasteiger partial charge in [0.25, 0.3) is 0 Å². The average molecular weight is 305 g/mol. The molecule has 0 amide bonds. The van der Waals surface area contributed by atoms with E-state index < -0.39 is 0 Å². The molecule has 0 bridgehead atoms. The molecule has 0 spiro atoms. The van der Waals surface area contributed by atoms with Crippen LogP contribution in [-0.4, -0.2) is 25.9 Å². The molecular formula is C17H23NO2S. The average Bonchev–Trinajstić information content (AvgIpc) is 2.45. The molecular weight excluding hydrogens is 282 g/mol. The first-order chi connectivity index (χ1) is 9.99. The number of esters is 1. The third-order valence-electron chi connectivity index (χ3n) is 3.84. The molecule has 4 heteroatoms. The molecule has 0 radical (unpaired) electrons. The molecule has 2 rings (SSSR count). The van der Waals surface area contributed by atoms with Gasteiger partial charge in [-0.15, -0.1) is 11.8 Å². The fourth-order valence-electron chi connectivity index (χ4n) is 3.14. The van der Waals surface area contributed by atoms with Crippen LogP contribution in [0.1, 0.15) is 29.5 Å². The summed E-state index contributed by atoms with van der Waals surface area (Å²) in [4.78, 5) is 14.3. The van der Waals surface area contributed by atoms with E-state index in [1.165, 1.54) is 29.5 Å². The van der Waals surface area contributed by atoms with E-state index in [2.05, 4.69) is 37.8 Å². The SMILES string of the molecule is COC(=O)C1=C(SC)N(c2c(C)cc(C)cc2C)CCC1. The monoisotopic (exact) mass is 305 g/mol. The largest absolute Gasteiger partial charge is 0.466 e. The smallest absolute Gasteiger partial charge is 0.336 e. The van der Waals surface area contributed by atoms with Gasteiger partial charge in [-0.05, 0) is 51.0 Å². The lowest BCUT2D eigenvalue weighted by Gasteiger charge is -2.34. The molecule has 0 fully saturated rings. The van der Waals surface area contributed by atoms with E-state index in [9.17, 15) is 4.79 Å². The second kappa shape index (κ2) is 6.56. The predicted octanol–water partition coefficient (Wildman–Crippen LogP) is 3.96. The Morgan fingerprint density at radius 3 is 2.38 bits per heavy atom. The molecule has 21 heavy (non-hydrogen) atoms. The summed E-state index contributed by atoms with van der Waals surface area (Å²) in [5.74, 6) is -0.202. The number of thioether (sulfide) groups is 1. The zero-order valence-corrected chi connectivity index (χ0v) is 14.3. The molecule has 0 aromatic heterocycles. The molecule has 114 valence electrons. The van der Waals surface area contributed by atoms with Crippen molar-refractivity contribution in [2.45, 2.75) is 33.6 Å². The third-order valence-corrected chi connectivity index (χ3v) is 4.70. The quantitative estimate of drug-likeness (QED) is 0.791. The fraction of sp³-hybridized carbons (Fsp3) is 0.471. The van der Waals surface area contributed by atoms with Crippen LogP contribution in [0.5, 0.6) is 0 Å². The van der Waals surface area contributed by atoms with Gasteiger partial charge in [-0.25, -0.2) is 4.79 Å². The van der Waals surface area contributed by atoms with E-state index in [-0.39, 0.29) is 5.97 Å². The highest BCUT2D eigenvalue weighted by Gasteiger charge is 2.27. The van der Waals surface area contributed by atoms with E-state index in [0.29, 0.717) is 0 Å². The van der Waals surface area contributed by atoms with Gasteiger partial charge in [-0.2, -0.15) is 0 Å². The minimum atomic E-state index is -0.202. The van der Waals surface area contributed by atoms with Crippen molar-refractivity contribution < 1.29 is 9.53 Å². The van der Waals surface area contributed by atoms with Gasteiger partial charge >= 0.3 is 5.97 Å². The second-order valence-corrected chi connectivity index (χ2v) is 6.28. The Bertz CT molecular complexity index is 569. The molecule has 1 aliphatic rings. The maximum atomic E-state index is 12.0. The third kappa shape index (κ3) is 3.10. The second-order valence-electron chi connectivity index (χ2n) is 5.48. The number of hydrogen-bond acceptors (Lipinski definition) is 4. The van der Waals surface area contributed by atoms with E-state index in [0.717, 1.165) is 30.0 Å². The Morgan fingerprint density at radius 1 is 1.24 bits per heavy atom. The van der Waals surface area contributed by atoms with Crippen molar-refractivity contribution in [3.8, 4) is 0 Å². The summed E-state index contributed by atoms with van der Waals surface area (Å²) in [6, 6.07) is 4.40. The molecule has 1 aromatic rings. The number of carbonyl (C=O) groups is 1. The Balaban J connectivity index is 2.55. The number of nitrogens with zero attached hydrogens (tertiary/aromatic N) is 1. The van der Waals surface area contributed by atoms with Gasteiger partial charge in [-0.3, -0.25) is 0 Å². The first-order valence-corrected chi connectivity index (χ1v) is 8.43. The minimum Gasteiger partial charge on any atom is -0.466 e. The van der Waals surface area contributed by atoms with Crippen molar-refractivity contribution >= 4 is 23.4 Å². The Morgan fingerprint density at radius 2 is 1.86 bits per heavy atom. The summed E-state index contributed by atoms with van der Waals surface area (Å²) in [5, 5.41) is 1.03. The first kappa shape index (κ1) is 16.0. The number of carbonyl (C=O) groups excluding carboxylic acids is 1. The molecule has 0 aliphatic carbocycles. The number of methoxy groups -OCH3 is 1. The van der Waals surface area contributed by atoms with Crippen molar-refractivity contribution in [3.63, 3.8) is 0 Å². The molecule has 0 atom stereocenters. The van der Waals surface area contributed by atoms with Crippen LogP contribution in [0.25, 0.3) is 0 Å². The van der Waals surface area contributed by atoms with Gasteiger partial charge in [0, 0.05) is 12.2 Å². The lowest BCUT2D eigenvalue weighted by atomic mass is 10.0. The van der Waals surface area contributed by atoms with E-state index in [1.807, 2.05) is 6.26 Å². The lowest BCUT2D eigenvalue weighted by Crippen LogP contribution is -2.31. The fourth-order valence-corrected chi connectivity index (χ4v) is 3.98. The van der Waals surface area contributed by atoms with Gasteiger partial charge < -0.3 is 9.64 Å². The van der Waals surface area contributed by atoms with Crippen LogP contribution >= 0.6 is 11.8 Å². The van der Waals surface area contributed by atoms with Gasteiger partial charge in [-0.1, -0.05) is 17.7 Å². The van der Waals surface area contributed by atoms with Crippen molar-refractivity contribution in [2.24, 2.45) is 0 Å². The summed E-state index contributed by atoms with van der Waals surface area (Å²) in [6.07, 6.45) is 3.79. The Kier molecular flexibility index (Phi) is 4.99. The predicted molar refractivity (Wildman–Crippen MR) is 89.8 cm³/mol. The highest BCUT2D eigenvalue weighted by atomic mass is 32.2. The Labute approximate surface area is 131 Å². The van der Waals surface area contributed by atoms with Crippen LogP contribution in [0, 0.1) is 20.8 Å². The summed E-state index contributed by atoms with van der Waals surface area (Å²) in [5.41, 5.74) is 5.81. The zero-order chi connectivity index (χ0) is 15.6. The van der Waals surface area contributed by atoms with Crippen LogP contribution in [0.2, 0.25) is 0 Å². The molecule has 0 N–H and O–H groups in total. The van der Waals surface area contributed by atoms with Crippen LogP contribution in [0.15, 0.2) is 22.7 Å². The normalized spacial score (nSPS) is 15.4. The van der Waals surface area contributed by atoms with Gasteiger partial charge in [0.15, 0.2) is 0 Å². The number of hydrogen-bond donors (Lipinski definition) is 0. The summed E-state index contributed by atoms with van der Waals surface area (Å²) >= 11 is 1.63. The van der Waals surface area contributed by atoms with E-state index in [4.69, 9.17) is 4.74 Å².